The van der Waals surface area contributed by atoms with E-state index in [2.05, 4.69) is 11.0 Å². The van der Waals surface area contributed by atoms with Gasteiger partial charge in [0.15, 0.2) is 0 Å². The molecule has 0 radical (unpaired) electrons. The van der Waals surface area contributed by atoms with Crippen molar-refractivity contribution in [3.05, 3.63) is 81.7 Å². The number of halogens is 2. The molecule has 1 saturated heterocycles. The lowest BCUT2D eigenvalue weighted by Crippen LogP contribution is -2.34. The maximum Gasteiger partial charge on any atom is 0.419 e. The molecule has 9 heteroatoms. The Balaban J connectivity index is 1.21. The number of thiophene rings is 1. The fourth-order valence-corrected chi connectivity index (χ4v) is 5.75. The van der Waals surface area contributed by atoms with Crippen LogP contribution in [-0.2, 0) is 17.9 Å². The molecule has 0 aliphatic carbocycles. The van der Waals surface area contributed by atoms with Crippen molar-refractivity contribution in [2.45, 2.75) is 58.3 Å². The van der Waals surface area contributed by atoms with Crippen LogP contribution in [0, 0.1) is 5.82 Å². The van der Waals surface area contributed by atoms with E-state index in [1.807, 2.05) is 44.4 Å². The number of carbonyl (C=O) groups excluding carboxylic acids is 1. The van der Waals surface area contributed by atoms with E-state index in [1.54, 1.807) is 34.1 Å². The van der Waals surface area contributed by atoms with Crippen molar-refractivity contribution < 1.29 is 18.7 Å². The molecule has 1 aliphatic rings. The minimum Gasteiger partial charge on any atom is -0.473 e. The lowest BCUT2D eigenvalue weighted by molar-refractivity contribution is 0.0535. The smallest absolute Gasteiger partial charge is 0.419 e. The number of piperidine rings is 1. The fraction of sp³-hybridized carbons (Fsp3) is 0.379. The number of fused-ring (bicyclic) bond motifs is 1. The molecular formula is C29H31ClFN3O3S. The summed E-state index contributed by atoms with van der Waals surface area (Å²) in [4.78, 5) is 20.1. The second kappa shape index (κ2) is 11.0. The van der Waals surface area contributed by atoms with Gasteiger partial charge in [0.25, 0.3) is 0 Å². The maximum absolute atomic E-state index is 14.1. The fourth-order valence-electron chi connectivity index (χ4n) is 4.76. The first-order chi connectivity index (χ1) is 18.2. The standard InChI is InChI=1S/C29H31ClFN3O3S/c1-29(2,3)37-28(35)34-22(16-26-25(34)11-14-38-26)17-33-12-9-19(10-13-33)24-5-4-6-27(32-24)36-18-20-7-8-21(30)15-23(20)31/h4-8,11,14-16,19H,9-10,12-13,17-18H2,1-3H3. The van der Waals surface area contributed by atoms with Crippen molar-refractivity contribution in [3.63, 3.8) is 0 Å². The highest BCUT2D eigenvalue weighted by molar-refractivity contribution is 7.17. The third-order valence-electron chi connectivity index (χ3n) is 6.60. The number of aromatic nitrogens is 2. The van der Waals surface area contributed by atoms with E-state index in [-0.39, 0.29) is 12.7 Å². The van der Waals surface area contributed by atoms with Crippen LogP contribution in [0.15, 0.2) is 53.9 Å². The average molecular weight is 556 g/mol. The second-order valence-electron chi connectivity index (χ2n) is 10.6. The van der Waals surface area contributed by atoms with Gasteiger partial charge in [-0.2, -0.15) is 0 Å². The quantitative estimate of drug-likeness (QED) is 0.245. The van der Waals surface area contributed by atoms with Gasteiger partial charge in [-0.05, 0) is 82.4 Å². The molecule has 3 aromatic heterocycles. The van der Waals surface area contributed by atoms with Crippen LogP contribution in [0.4, 0.5) is 9.18 Å². The maximum atomic E-state index is 14.1. The molecular weight excluding hydrogens is 525 g/mol. The van der Waals surface area contributed by atoms with Gasteiger partial charge < -0.3 is 9.47 Å². The van der Waals surface area contributed by atoms with Gasteiger partial charge in [-0.15, -0.1) is 11.3 Å². The first-order valence-corrected chi connectivity index (χ1v) is 14.0. The number of pyridine rings is 1. The summed E-state index contributed by atoms with van der Waals surface area (Å²) < 4.78 is 28.4. The van der Waals surface area contributed by atoms with Gasteiger partial charge in [-0.3, -0.25) is 4.90 Å². The zero-order valence-corrected chi connectivity index (χ0v) is 23.3. The van der Waals surface area contributed by atoms with Crippen molar-refractivity contribution in [1.82, 2.24) is 14.5 Å². The summed E-state index contributed by atoms with van der Waals surface area (Å²) >= 11 is 7.46. The third kappa shape index (κ3) is 6.20. The zero-order valence-electron chi connectivity index (χ0n) is 21.7. The molecule has 0 bridgehead atoms. The van der Waals surface area contributed by atoms with Crippen molar-refractivity contribution >= 4 is 39.2 Å². The Hall–Kier alpha value is -2.94. The normalized spacial score (nSPS) is 15.2. The van der Waals surface area contributed by atoms with Crippen LogP contribution < -0.4 is 4.74 Å². The zero-order chi connectivity index (χ0) is 26.9. The Morgan fingerprint density at radius 2 is 1.95 bits per heavy atom. The molecule has 1 aromatic carbocycles. The largest absolute Gasteiger partial charge is 0.473 e. The van der Waals surface area contributed by atoms with Crippen molar-refractivity contribution in [2.24, 2.45) is 0 Å². The van der Waals surface area contributed by atoms with Gasteiger partial charge in [-0.25, -0.2) is 18.7 Å². The van der Waals surface area contributed by atoms with Crippen LogP contribution in [0.3, 0.4) is 0 Å². The first kappa shape index (κ1) is 26.7. The molecule has 0 unspecified atom stereocenters. The predicted molar refractivity (Wildman–Crippen MR) is 149 cm³/mol. The molecule has 1 fully saturated rings. The highest BCUT2D eigenvalue weighted by Gasteiger charge is 2.26. The van der Waals surface area contributed by atoms with Gasteiger partial charge >= 0.3 is 6.09 Å². The summed E-state index contributed by atoms with van der Waals surface area (Å²) in [5, 5.41) is 2.35. The van der Waals surface area contributed by atoms with Crippen molar-refractivity contribution in [1.29, 1.82) is 0 Å². The molecule has 38 heavy (non-hydrogen) atoms. The Morgan fingerprint density at radius 3 is 2.68 bits per heavy atom. The van der Waals surface area contributed by atoms with Crippen molar-refractivity contribution in [2.75, 3.05) is 13.1 Å². The lowest BCUT2D eigenvalue weighted by Gasteiger charge is -2.32. The summed E-state index contributed by atoms with van der Waals surface area (Å²) in [6.07, 6.45) is 1.56. The molecule has 6 nitrogen and oxygen atoms in total. The van der Waals surface area contributed by atoms with Gasteiger partial charge in [-0.1, -0.05) is 23.7 Å². The van der Waals surface area contributed by atoms with Crippen molar-refractivity contribution in [3.8, 4) is 5.88 Å². The summed E-state index contributed by atoms with van der Waals surface area (Å²) in [5.74, 6) is 0.399. The number of nitrogens with zero attached hydrogens (tertiary/aromatic N) is 3. The average Bonchev–Trinajstić information content (AvgIpc) is 3.44. The second-order valence-corrected chi connectivity index (χ2v) is 12.0. The van der Waals surface area contributed by atoms with Gasteiger partial charge in [0.1, 0.15) is 18.0 Å². The van der Waals surface area contributed by atoms with E-state index < -0.39 is 11.4 Å². The number of carbonyl (C=O) groups is 1. The molecule has 200 valence electrons. The summed E-state index contributed by atoms with van der Waals surface area (Å²) in [6, 6.07) is 14.4. The molecule has 1 aliphatic heterocycles. The van der Waals surface area contributed by atoms with E-state index in [4.69, 9.17) is 26.1 Å². The molecule has 0 spiro atoms. The highest BCUT2D eigenvalue weighted by atomic mass is 35.5. The minimum atomic E-state index is -0.562. The monoisotopic (exact) mass is 555 g/mol. The predicted octanol–water partition coefficient (Wildman–Crippen LogP) is 7.63. The van der Waals surface area contributed by atoms with Gasteiger partial charge in [0.05, 0.1) is 10.2 Å². The number of likely N-dealkylation sites (tertiary alicyclic amines) is 1. The molecule has 0 N–H and O–H groups in total. The third-order valence-corrected chi connectivity index (χ3v) is 7.69. The highest BCUT2D eigenvalue weighted by Crippen LogP contribution is 2.31. The minimum absolute atomic E-state index is 0.0899. The molecule has 0 amide bonds. The van der Waals surface area contributed by atoms with Crippen LogP contribution in [-0.4, -0.2) is 39.2 Å². The molecule has 5 rings (SSSR count). The molecule has 0 saturated carbocycles. The lowest BCUT2D eigenvalue weighted by atomic mass is 9.93. The first-order valence-electron chi connectivity index (χ1n) is 12.7. The SMILES string of the molecule is CC(C)(C)OC(=O)n1c(CN2CCC(c3cccc(OCc4ccc(Cl)cc4F)n3)CC2)cc2sccc21. The van der Waals surface area contributed by atoms with Gasteiger partial charge in [0, 0.05) is 40.5 Å². The van der Waals surface area contributed by atoms with E-state index in [9.17, 15) is 9.18 Å². The van der Waals surface area contributed by atoms with Crippen LogP contribution in [0.2, 0.25) is 5.02 Å². The van der Waals surface area contributed by atoms with E-state index in [0.717, 1.165) is 47.5 Å². The van der Waals surface area contributed by atoms with E-state index >= 15 is 0 Å². The summed E-state index contributed by atoms with van der Waals surface area (Å²) in [6.45, 7) is 8.19. The number of ether oxygens (including phenoxy) is 2. The number of hydrogen-bond donors (Lipinski definition) is 0. The van der Waals surface area contributed by atoms with Crippen LogP contribution in [0.1, 0.15) is 56.5 Å². The Kier molecular flexibility index (Phi) is 7.75. The summed E-state index contributed by atoms with van der Waals surface area (Å²) in [7, 11) is 0. The Bertz CT molecular complexity index is 1440. The number of rotatable bonds is 6. The summed E-state index contributed by atoms with van der Waals surface area (Å²) in [5.41, 5.74) is 2.70. The van der Waals surface area contributed by atoms with E-state index in [1.165, 1.54) is 6.07 Å². The Morgan fingerprint density at radius 1 is 1.16 bits per heavy atom. The van der Waals surface area contributed by atoms with Crippen LogP contribution in [0.5, 0.6) is 5.88 Å². The molecule has 4 aromatic rings. The topological polar surface area (TPSA) is 56.6 Å². The number of hydrogen-bond acceptors (Lipinski definition) is 6. The van der Waals surface area contributed by atoms with E-state index in [0.29, 0.717) is 28.9 Å². The van der Waals surface area contributed by atoms with Crippen LogP contribution in [0.25, 0.3) is 10.2 Å². The van der Waals surface area contributed by atoms with Gasteiger partial charge in [0.2, 0.25) is 5.88 Å². The Labute approximate surface area is 230 Å². The molecule has 0 atom stereocenters. The molecule has 4 heterocycles. The van der Waals surface area contributed by atoms with Crippen LogP contribution >= 0.6 is 22.9 Å². The number of benzene rings is 1.